The lowest BCUT2D eigenvalue weighted by Gasteiger charge is -2.03. The number of aromatic amines is 1. The number of H-pyrrole nitrogens is 1. The van der Waals surface area contributed by atoms with Gasteiger partial charge in [0.1, 0.15) is 5.82 Å². The molecule has 0 amide bonds. The van der Waals surface area contributed by atoms with Gasteiger partial charge in [0.2, 0.25) is 0 Å². The average molecular weight is 399 g/mol. The number of aromatic carboxylic acids is 1. The second kappa shape index (κ2) is 8.55. The van der Waals surface area contributed by atoms with Crippen molar-refractivity contribution < 1.29 is 23.1 Å². The van der Waals surface area contributed by atoms with Gasteiger partial charge in [-0.1, -0.05) is 18.2 Å². The molecule has 0 saturated heterocycles. The molecule has 5 nitrogen and oxygen atoms in total. The van der Waals surface area contributed by atoms with Crippen molar-refractivity contribution in [3.05, 3.63) is 83.6 Å². The number of nitrogens with one attached hydrogen (secondary N) is 1. The predicted octanol–water partition coefficient (Wildman–Crippen LogP) is 5.39. The maximum Gasteiger partial charge on any atom is 0.338 e. The molecule has 0 bridgehead atoms. The first-order valence-electron chi connectivity index (χ1n) is 8.52. The molecule has 0 aliphatic rings. The third-order valence-electron chi connectivity index (χ3n) is 4.15. The second-order valence-corrected chi connectivity index (χ2v) is 6.19. The molecule has 4 rings (SSSR count). The van der Waals surface area contributed by atoms with Crippen LogP contribution in [-0.4, -0.2) is 26.0 Å². The van der Waals surface area contributed by atoms with E-state index in [0.29, 0.717) is 5.56 Å². The first-order chi connectivity index (χ1) is 13.8. The van der Waals surface area contributed by atoms with Gasteiger partial charge in [-0.25, -0.2) is 27.9 Å². The Kier molecular flexibility index (Phi) is 5.92. The van der Waals surface area contributed by atoms with Crippen molar-refractivity contribution in [1.82, 2.24) is 15.0 Å². The molecule has 8 heteroatoms. The molecule has 2 aromatic heterocycles. The van der Waals surface area contributed by atoms with Gasteiger partial charge in [-0.15, -0.1) is 0 Å². The van der Waals surface area contributed by atoms with Crippen LogP contribution in [0.5, 0.6) is 0 Å². The SMILES string of the molecule is Cc1c[nH]c2ccc(F)cc12.O=C(O)c1cnc(-c2cccc(C(F)F)c2)nc1. The molecule has 2 N–H and O–H groups in total. The molecule has 148 valence electrons. The van der Waals surface area contributed by atoms with E-state index in [0.717, 1.165) is 28.9 Å². The van der Waals surface area contributed by atoms with Gasteiger partial charge in [0.05, 0.1) is 5.56 Å². The molecule has 0 aliphatic carbocycles. The van der Waals surface area contributed by atoms with Gasteiger partial charge >= 0.3 is 5.97 Å². The molecule has 2 heterocycles. The molecule has 4 aromatic rings. The number of rotatable bonds is 3. The van der Waals surface area contributed by atoms with Crippen molar-refractivity contribution in [3.63, 3.8) is 0 Å². The van der Waals surface area contributed by atoms with Crippen molar-refractivity contribution >= 4 is 16.9 Å². The van der Waals surface area contributed by atoms with Crippen LogP contribution < -0.4 is 0 Å². The summed E-state index contributed by atoms with van der Waals surface area (Å²) in [7, 11) is 0. The zero-order valence-corrected chi connectivity index (χ0v) is 15.2. The minimum Gasteiger partial charge on any atom is -0.478 e. The van der Waals surface area contributed by atoms with Gasteiger partial charge < -0.3 is 10.1 Å². The number of hydrogen-bond donors (Lipinski definition) is 2. The van der Waals surface area contributed by atoms with Gasteiger partial charge in [0.15, 0.2) is 5.82 Å². The van der Waals surface area contributed by atoms with E-state index in [1.165, 1.54) is 24.3 Å². The van der Waals surface area contributed by atoms with Crippen molar-refractivity contribution in [2.75, 3.05) is 0 Å². The van der Waals surface area contributed by atoms with E-state index in [1.807, 2.05) is 13.1 Å². The quantitative estimate of drug-likeness (QED) is 0.484. The van der Waals surface area contributed by atoms with E-state index < -0.39 is 12.4 Å². The lowest BCUT2D eigenvalue weighted by atomic mass is 10.1. The van der Waals surface area contributed by atoms with Crippen LogP contribution in [0.15, 0.2) is 61.1 Å². The second-order valence-electron chi connectivity index (χ2n) is 6.19. The maximum absolute atomic E-state index is 12.7. The highest BCUT2D eigenvalue weighted by molar-refractivity contribution is 5.87. The number of halogens is 3. The number of benzene rings is 2. The summed E-state index contributed by atoms with van der Waals surface area (Å²) in [6.07, 6.45) is 1.59. The lowest BCUT2D eigenvalue weighted by molar-refractivity contribution is 0.0696. The number of carbonyl (C=O) groups is 1. The van der Waals surface area contributed by atoms with E-state index in [-0.39, 0.29) is 22.8 Å². The van der Waals surface area contributed by atoms with Gasteiger partial charge in [-0.3, -0.25) is 0 Å². The molecule has 0 radical (unpaired) electrons. The fraction of sp³-hybridized carbons (Fsp3) is 0.0952. The van der Waals surface area contributed by atoms with Gasteiger partial charge in [0, 0.05) is 40.6 Å². The number of aryl methyl sites for hydroxylation is 1. The number of alkyl halides is 2. The molecule has 0 saturated carbocycles. The fourth-order valence-electron chi connectivity index (χ4n) is 2.63. The summed E-state index contributed by atoms with van der Waals surface area (Å²) in [5, 5.41) is 9.65. The van der Waals surface area contributed by atoms with Crippen molar-refractivity contribution in [2.45, 2.75) is 13.3 Å². The normalized spacial score (nSPS) is 10.7. The Morgan fingerprint density at radius 1 is 1.10 bits per heavy atom. The Morgan fingerprint density at radius 2 is 1.83 bits per heavy atom. The zero-order valence-electron chi connectivity index (χ0n) is 15.2. The molecule has 0 spiro atoms. The summed E-state index contributed by atoms with van der Waals surface area (Å²) in [5.41, 5.74) is 2.32. The number of carboxylic acid groups (broad SMARTS) is 1. The Hall–Kier alpha value is -3.68. The van der Waals surface area contributed by atoms with Gasteiger partial charge in [-0.2, -0.15) is 0 Å². The highest BCUT2D eigenvalue weighted by Crippen LogP contribution is 2.23. The topological polar surface area (TPSA) is 78.9 Å². The summed E-state index contributed by atoms with van der Waals surface area (Å²) in [6.45, 7) is 1.96. The van der Waals surface area contributed by atoms with Crippen LogP contribution in [0.2, 0.25) is 0 Å². The largest absolute Gasteiger partial charge is 0.478 e. The third-order valence-corrected chi connectivity index (χ3v) is 4.15. The average Bonchev–Trinajstić information content (AvgIpc) is 3.09. The Labute approximate surface area is 163 Å². The Morgan fingerprint density at radius 3 is 2.48 bits per heavy atom. The van der Waals surface area contributed by atoms with E-state index >= 15 is 0 Å². The third kappa shape index (κ3) is 4.78. The standard InChI is InChI=1S/C12H8F2N2O2.C9H8FN/c13-10(14)7-2-1-3-8(4-7)11-15-5-9(6-16-11)12(17)18;1-6-5-11-9-3-2-7(10)4-8(6)9/h1-6,10H,(H,17,18);2-5,11H,1H3. The smallest absolute Gasteiger partial charge is 0.338 e. The summed E-state index contributed by atoms with van der Waals surface area (Å²) in [6, 6.07) is 10.4. The molecule has 2 aromatic carbocycles. The minimum atomic E-state index is -2.57. The van der Waals surface area contributed by atoms with Crippen LogP contribution >= 0.6 is 0 Å². The highest BCUT2D eigenvalue weighted by atomic mass is 19.3. The number of hydrogen-bond acceptors (Lipinski definition) is 3. The van der Waals surface area contributed by atoms with Crippen molar-refractivity contribution in [1.29, 1.82) is 0 Å². The lowest BCUT2D eigenvalue weighted by Crippen LogP contribution is -1.99. The van der Waals surface area contributed by atoms with Crippen LogP contribution in [0.4, 0.5) is 13.2 Å². The molecule has 0 aliphatic heterocycles. The summed E-state index contributed by atoms with van der Waals surface area (Å²) in [5.74, 6) is -1.11. The van der Waals surface area contributed by atoms with Gasteiger partial charge in [0.25, 0.3) is 6.43 Å². The van der Waals surface area contributed by atoms with E-state index in [2.05, 4.69) is 15.0 Å². The predicted molar refractivity (Wildman–Crippen MR) is 102 cm³/mol. The number of fused-ring (bicyclic) bond motifs is 1. The Balaban J connectivity index is 0.000000186. The molecule has 29 heavy (non-hydrogen) atoms. The van der Waals surface area contributed by atoms with E-state index in [9.17, 15) is 18.0 Å². The van der Waals surface area contributed by atoms with E-state index in [1.54, 1.807) is 18.2 Å². The maximum atomic E-state index is 12.7. The number of aromatic nitrogens is 3. The Bertz CT molecular complexity index is 1140. The fourth-order valence-corrected chi connectivity index (χ4v) is 2.63. The van der Waals surface area contributed by atoms with Crippen LogP contribution in [0.3, 0.4) is 0 Å². The summed E-state index contributed by atoms with van der Waals surface area (Å²) in [4.78, 5) is 21.3. The molecular formula is C21H16F3N3O2. The molecule has 0 atom stereocenters. The van der Waals surface area contributed by atoms with Crippen LogP contribution in [0.1, 0.15) is 27.9 Å². The van der Waals surface area contributed by atoms with Crippen molar-refractivity contribution in [3.8, 4) is 11.4 Å². The van der Waals surface area contributed by atoms with Crippen LogP contribution in [-0.2, 0) is 0 Å². The first-order valence-corrected chi connectivity index (χ1v) is 8.52. The van der Waals surface area contributed by atoms with Crippen LogP contribution in [0.25, 0.3) is 22.3 Å². The number of carboxylic acids is 1. The summed E-state index contributed by atoms with van der Waals surface area (Å²) < 4.78 is 37.7. The van der Waals surface area contributed by atoms with Gasteiger partial charge in [-0.05, 0) is 36.8 Å². The number of nitrogens with zero attached hydrogens (tertiary/aromatic N) is 2. The summed E-state index contributed by atoms with van der Waals surface area (Å²) >= 11 is 0. The molecule has 0 unspecified atom stereocenters. The molecule has 0 fully saturated rings. The van der Waals surface area contributed by atoms with E-state index in [4.69, 9.17) is 5.11 Å². The zero-order chi connectivity index (χ0) is 21.0. The molecular weight excluding hydrogens is 383 g/mol. The first kappa shape index (κ1) is 20.1. The minimum absolute atomic E-state index is 0.0521. The monoisotopic (exact) mass is 399 g/mol. The highest BCUT2D eigenvalue weighted by Gasteiger charge is 2.10. The van der Waals surface area contributed by atoms with Crippen LogP contribution in [0, 0.1) is 12.7 Å². The van der Waals surface area contributed by atoms with Crippen molar-refractivity contribution in [2.24, 2.45) is 0 Å².